The lowest BCUT2D eigenvalue weighted by atomic mass is 10.1. The van der Waals surface area contributed by atoms with Gasteiger partial charge in [0.05, 0.1) is 5.69 Å². The molecular weight excluding hydrogens is 354 g/mol. The average molecular weight is 375 g/mol. The summed E-state index contributed by atoms with van der Waals surface area (Å²) in [4.78, 5) is 17.9. The van der Waals surface area contributed by atoms with Gasteiger partial charge in [0.15, 0.2) is 4.96 Å². The molecule has 4 rings (SSSR count). The van der Waals surface area contributed by atoms with Gasteiger partial charge in [-0.1, -0.05) is 60.2 Å². The minimum atomic E-state index is 0.0679. The molecule has 0 atom stereocenters. The van der Waals surface area contributed by atoms with Crippen molar-refractivity contribution in [2.45, 2.75) is 26.3 Å². The molecule has 0 aliphatic heterocycles. The molecule has 0 unspecified atom stereocenters. The molecule has 0 aliphatic carbocycles. The maximum Gasteiger partial charge on any atom is 0.220 e. The summed E-state index contributed by atoms with van der Waals surface area (Å²) in [6.07, 6.45) is 3.22. The molecule has 0 fully saturated rings. The fourth-order valence-electron chi connectivity index (χ4n) is 2.99. The summed E-state index contributed by atoms with van der Waals surface area (Å²) in [6.45, 7) is 2.63. The van der Waals surface area contributed by atoms with Gasteiger partial charge in [-0.3, -0.25) is 9.20 Å². The van der Waals surface area contributed by atoms with Crippen molar-refractivity contribution in [3.05, 3.63) is 83.0 Å². The van der Waals surface area contributed by atoms with Gasteiger partial charge in [-0.2, -0.15) is 0 Å². The van der Waals surface area contributed by atoms with Crippen LogP contribution in [0.4, 0.5) is 0 Å². The van der Waals surface area contributed by atoms with Crippen molar-refractivity contribution in [1.82, 2.24) is 14.7 Å². The lowest BCUT2D eigenvalue weighted by molar-refractivity contribution is -0.121. The van der Waals surface area contributed by atoms with Crippen LogP contribution >= 0.6 is 11.3 Å². The van der Waals surface area contributed by atoms with E-state index < -0.39 is 0 Å². The minimum absolute atomic E-state index is 0.0679. The Hall–Kier alpha value is -2.92. The van der Waals surface area contributed by atoms with Gasteiger partial charge in [0, 0.05) is 35.8 Å². The first-order chi connectivity index (χ1) is 13.2. The number of aromatic nitrogens is 2. The van der Waals surface area contributed by atoms with Gasteiger partial charge in [0.25, 0.3) is 0 Å². The van der Waals surface area contributed by atoms with E-state index in [2.05, 4.69) is 64.6 Å². The van der Waals surface area contributed by atoms with E-state index in [-0.39, 0.29) is 5.91 Å². The van der Waals surface area contributed by atoms with Gasteiger partial charge >= 0.3 is 0 Å². The molecule has 0 saturated carbocycles. The Morgan fingerprint density at radius 3 is 2.67 bits per heavy atom. The number of hydrogen-bond donors (Lipinski definition) is 1. The van der Waals surface area contributed by atoms with E-state index in [1.807, 2.05) is 18.2 Å². The van der Waals surface area contributed by atoms with Crippen LogP contribution in [0.3, 0.4) is 0 Å². The minimum Gasteiger partial charge on any atom is -0.352 e. The largest absolute Gasteiger partial charge is 0.352 e. The third-order valence-electron chi connectivity index (χ3n) is 4.57. The highest BCUT2D eigenvalue weighted by atomic mass is 32.1. The second-order valence-electron chi connectivity index (χ2n) is 6.63. The Bertz CT molecular complexity index is 1050. The molecule has 136 valence electrons. The molecule has 1 N–H and O–H groups in total. The van der Waals surface area contributed by atoms with Crippen LogP contribution in [0.15, 0.2) is 66.2 Å². The van der Waals surface area contributed by atoms with E-state index in [0.717, 1.165) is 27.5 Å². The first-order valence-corrected chi connectivity index (χ1v) is 9.90. The molecule has 1 amide bonds. The van der Waals surface area contributed by atoms with E-state index in [4.69, 9.17) is 4.98 Å². The number of imidazole rings is 1. The van der Waals surface area contributed by atoms with E-state index in [9.17, 15) is 4.79 Å². The Morgan fingerprint density at radius 1 is 1.11 bits per heavy atom. The van der Waals surface area contributed by atoms with Crippen molar-refractivity contribution in [1.29, 1.82) is 0 Å². The summed E-state index contributed by atoms with van der Waals surface area (Å²) < 4.78 is 2.10. The maximum absolute atomic E-state index is 12.2. The first-order valence-electron chi connectivity index (χ1n) is 9.02. The molecular formula is C22H21N3OS. The maximum atomic E-state index is 12.2. The zero-order chi connectivity index (χ0) is 18.6. The lowest BCUT2D eigenvalue weighted by Gasteiger charge is -2.05. The van der Waals surface area contributed by atoms with Crippen LogP contribution < -0.4 is 5.32 Å². The van der Waals surface area contributed by atoms with Crippen LogP contribution in [-0.2, 0) is 17.8 Å². The first kappa shape index (κ1) is 17.5. The zero-order valence-corrected chi connectivity index (χ0v) is 16.0. The second-order valence-corrected chi connectivity index (χ2v) is 7.47. The highest BCUT2D eigenvalue weighted by Gasteiger charge is 2.11. The van der Waals surface area contributed by atoms with Crippen LogP contribution in [0, 0.1) is 6.92 Å². The quantitative estimate of drug-likeness (QED) is 0.534. The molecule has 2 aromatic heterocycles. The Labute approximate surface area is 162 Å². The Kier molecular flexibility index (Phi) is 5.03. The number of nitrogens with one attached hydrogen (secondary N) is 1. The zero-order valence-electron chi connectivity index (χ0n) is 15.2. The van der Waals surface area contributed by atoms with Crippen molar-refractivity contribution in [3.63, 3.8) is 0 Å². The molecule has 0 saturated heterocycles. The summed E-state index contributed by atoms with van der Waals surface area (Å²) in [7, 11) is 0. The highest BCUT2D eigenvalue weighted by molar-refractivity contribution is 7.15. The molecule has 5 heteroatoms. The van der Waals surface area contributed by atoms with E-state index in [0.29, 0.717) is 19.4 Å². The summed E-state index contributed by atoms with van der Waals surface area (Å²) >= 11 is 1.61. The number of thiazole rings is 1. The normalized spacial score (nSPS) is 11.0. The van der Waals surface area contributed by atoms with E-state index in [1.165, 1.54) is 5.56 Å². The number of carbonyl (C=O) groups is 1. The van der Waals surface area contributed by atoms with Gasteiger partial charge in [-0.15, -0.1) is 11.3 Å². The summed E-state index contributed by atoms with van der Waals surface area (Å²) in [5.74, 6) is 0.0679. The van der Waals surface area contributed by atoms with Crippen molar-refractivity contribution < 1.29 is 4.79 Å². The van der Waals surface area contributed by atoms with Crippen molar-refractivity contribution in [2.75, 3.05) is 0 Å². The molecule has 2 aromatic carbocycles. The molecule has 0 radical (unpaired) electrons. The summed E-state index contributed by atoms with van der Waals surface area (Å²) in [5, 5.41) is 5.09. The number of amides is 1. The fraction of sp³-hybridized carbons (Fsp3) is 0.182. The predicted octanol–water partition coefficient (Wildman–Crippen LogP) is 4.62. The summed E-state index contributed by atoms with van der Waals surface area (Å²) in [6, 6.07) is 18.4. The Morgan fingerprint density at radius 2 is 1.89 bits per heavy atom. The monoisotopic (exact) mass is 375 g/mol. The number of rotatable bonds is 6. The smallest absolute Gasteiger partial charge is 0.220 e. The van der Waals surface area contributed by atoms with Gasteiger partial charge in [0.1, 0.15) is 0 Å². The number of nitrogens with zero attached hydrogens (tertiary/aromatic N) is 2. The molecule has 4 aromatic rings. The topological polar surface area (TPSA) is 46.4 Å². The molecule has 0 spiro atoms. The van der Waals surface area contributed by atoms with Crippen molar-refractivity contribution in [3.8, 4) is 11.3 Å². The fourth-order valence-corrected chi connectivity index (χ4v) is 3.90. The van der Waals surface area contributed by atoms with Crippen LogP contribution in [0.25, 0.3) is 16.2 Å². The third kappa shape index (κ3) is 4.09. The standard InChI is InChI=1S/C22H21N3OS/c1-16-7-9-17(10-8-16)13-23-21(26)12-11-19-15-27-22-24-20(14-25(19)22)18-5-3-2-4-6-18/h2-10,14-15H,11-13H2,1H3,(H,23,26). The summed E-state index contributed by atoms with van der Waals surface area (Å²) in [5.41, 5.74) is 5.54. The molecule has 27 heavy (non-hydrogen) atoms. The molecule has 2 heterocycles. The van der Waals surface area contributed by atoms with Crippen LogP contribution in [0.5, 0.6) is 0 Å². The molecule has 0 aliphatic rings. The average Bonchev–Trinajstić information content (AvgIpc) is 3.28. The third-order valence-corrected chi connectivity index (χ3v) is 5.46. The highest BCUT2D eigenvalue weighted by Crippen LogP contribution is 2.24. The predicted molar refractivity (Wildman–Crippen MR) is 110 cm³/mol. The number of aryl methyl sites for hydroxylation is 2. The van der Waals surface area contributed by atoms with Crippen LogP contribution in [0.2, 0.25) is 0 Å². The molecule has 0 bridgehead atoms. The van der Waals surface area contributed by atoms with Gasteiger partial charge in [-0.25, -0.2) is 4.98 Å². The molecule has 4 nitrogen and oxygen atoms in total. The number of fused-ring (bicyclic) bond motifs is 1. The van der Waals surface area contributed by atoms with Crippen molar-refractivity contribution >= 4 is 22.2 Å². The van der Waals surface area contributed by atoms with E-state index >= 15 is 0 Å². The van der Waals surface area contributed by atoms with Crippen LogP contribution in [-0.4, -0.2) is 15.3 Å². The number of benzene rings is 2. The SMILES string of the molecule is Cc1ccc(CNC(=O)CCc2csc3nc(-c4ccccc4)cn23)cc1. The number of hydrogen-bond acceptors (Lipinski definition) is 3. The van der Waals surface area contributed by atoms with Gasteiger partial charge in [0.2, 0.25) is 5.91 Å². The van der Waals surface area contributed by atoms with Crippen molar-refractivity contribution in [2.24, 2.45) is 0 Å². The lowest BCUT2D eigenvalue weighted by Crippen LogP contribution is -2.23. The Balaban J connectivity index is 1.38. The van der Waals surface area contributed by atoms with Crippen LogP contribution in [0.1, 0.15) is 23.2 Å². The van der Waals surface area contributed by atoms with Gasteiger partial charge in [-0.05, 0) is 18.9 Å². The number of carbonyl (C=O) groups excluding carboxylic acids is 1. The second kappa shape index (κ2) is 7.76. The van der Waals surface area contributed by atoms with E-state index in [1.54, 1.807) is 11.3 Å². The van der Waals surface area contributed by atoms with Gasteiger partial charge < -0.3 is 5.32 Å².